The van der Waals surface area contributed by atoms with E-state index in [1.54, 1.807) is 0 Å². The molecule has 20 heavy (non-hydrogen) atoms. The van der Waals surface area contributed by atoms with Crippen molar-refractivity contribution in [2.24, 2.45) is 0 Å². The number of nitrogens with one attached hydrogen (secondary N) is 1. The lowest BCUT2D eigenvalue weighted by Gasteiger charge is -2.31. The van der Waals surface area contributed by atoms with Crippen LogP contribution in [0.1, 0.15) is 23.9 Å². The average Bonchev–Trinajstić information content (AvgIpc) is 2.90. The number of hydrogen-bond donors (Lipinski definition) is 1. The highest BCUT2D eigenvalue weighted by Crippen LogP contribution is 2.20. The summed E-state index contributed by atoms with van der Waals surface area (Å²) >= 11 is 1.52. The van der Waals surface area contributed by atoms with Gasteiger partial charge in [0.2, 0.25) is 5.13 Å². The van der Waals surface area contributed by atoms with Gasteiger partial charge in [0.25, 0.3) is 0 Å². The molecule has 1 N–H and O–H groups in total. The number of nitrogens with zero attached hydrogens (tertiary/aromatic N) is 3. The summed E-state index contributed by atoms with van der Waals surface area (Å²) in [5, 5.41) is 4.50. The molecule has 1 aliphatic rings. The summed E-state index contributed by atoms with van der Waals surface area (Å²) in [6, 6.07) is 9.11. The van der Waals surface area contributed by atoms with Crippen LogP contribution >= 0.6 is 11.5 Å². The summed E-state index contributed by atoms with van der Waals surface area (Å²) in [5.74, 6) is 0.931. The molecule has 2 aromatic rings. The van der Waals surface area contributed by atoms with Crippen molar-refractivity contribution in [2.75, 3.05) is 24.5 Å². The molecule has 106 valence electrons. The number of aryl methyl sites for hydroxylation is 1. The summed E-state index contributed by atoms with van der Waals surface area (Å²) in [6.45, 7) is 7.37. The second-order valence-corrected chi connectivity index (χ2v) is 6.19. The van der Waals surface area contributed by atoms with Crippen LogP contribution in [0, 0.1) is 6.92 Å². The number of rotatable bonds is 3. The van der Waals surface area contributed by atoms with Gasteiger partial charge >= 0.3 is 0 Å². The van der Waals surface area contributed by atoms with Gasteiger partial charge in [-0.2, -0.15) is 4.37 Å². The third kappa shape index (κ3) is 3.16. The SMILES string of the molecule is Cc1ccc(Cc2nsc(N3CCNC(C)C3)n2)cc1. The zero-order valence-electron chi connectivity index (χ0n) is 12.0. The molecule has 1 aromatic heterocycles. The third-order valence-corrected chi connectivity index (χ3v) is 4.39. The second kappa shape index (κ2) is 5.89. The van der Waals surface area contributed by atoms with E-state index in [0.29, 0.717) is 6.04 Å². The van der Waals surface area contributed by atoms with Gasteiger partial charge in [-0.15, -0.1) is 0 Å². The monoisotopic (exact) mass is 288 g/mol. The van der Waals surface area contributed by atoms with Gasteiger partial charge in [0.05, 0.1) is 0 Å². The lowest BCUT2D eigenvalue weighted by Crippen LogP contribution is -2.49. The predicted molar refractivity (Wildman–Crippen MR) is 83.6 cm³/mol. The summed E-state index contributed by atoms with van der Waals surface area (Å²) in [7, 11) is 0. The van der Waals surface area contributed by atoms with Gasteiger partial charge in [0, 0.05) is 43.6 Å². The lowest BCUT2D eigenvalue weighted by molar-refractivity contribution is 0.484. The first-order chi connectivity index (χ1) is 9.70. The first-order valence-electron chi connectivity index (χ1n) is 7.07. The summed E-state index contributed by atoms with van der Waals surface area (Å²) in [5.41, 5.74) is 2.56. The molecule has 0 amide bonds. The van der Waals surface area contributed by atoms with Crippen molar-refractivity contribution in [3.63, 3.8) is 0 Å². The fourth-order valence-electron chi connectivity index (χ4n) is 2.44. The van der Waals surface area contributed by atoms with Gasteiger partial charge in [-0.3, -0.25) is 0 Å². The first-order valence-corrected chi connectivity index (χ1v) is 7.84. The summed E-state index contributed by atoms with van der Waals surface area (Å²) < 4.78 is 4.50. The van der Waals surface area contributed by atoms with Crippen LogP contribution in [-0.2, 0) is 6.42 Å². The molecule has 1 unspecified atom stereocenters. The van der Waals surface area contributed by atoms with E-state index in [2.05, 4.69) is 52.7 Å². The molecule has 1 atom stereocenters. The van der Waals surface area contributed by atoms with Crippen molar-refractivity contribution < 1.29 is 0 Å². The Bertz CT molecular complexity index is 564. The Balaban J connectivity index is 1.68. The largest absolute Gasteiger partial charge is 0.344 e. The minimum atomic E-state index is 0.521. The number of benzene rings is 1. The zero-order valence-corrected chi connectivity index (χ0v) is 12.8. The Morgan fingerprint density at radius 2 is 2.15 bits per heavy atom. The van der Waals surface area contributed by atoms with Crippen molar-refractivity contribution in [3.8, 4) is 0 Å². The molecule has 1 fully saturated rings. The number of aromatic nitrogens is 2. The average molecular weight is 288 g/mol. The molecule has 1 aliphatic heterocycles. The molecule has 3 rings (SSSR count). The maximum atomic E-state index is 4.69. The van der Waals surface area contributed by atoms with E-state index in [0.717, 1.165) is 37.0 Å². The molecule has 0 aliphatic carbocycles. The molecule has 0 spiro atoms. The van der Waals surface area contributed by atoms with Crippen molar-refractivity contribution >= 4 is 16.7 Å². The fourth-order valence-corrected chi connectivity index (χ4v) is 3.16. The predicted octanol–water partition coefficient (Wildman–Crippen LogP) is 2.24. The normalized spacial score (nSPS) is 19.3. The topological polar surface area (TPSA) is 41.1 Å². The van der Waals surface area contributed by atoms with Crippen LogP contribution in [0.5, 0.6) is 0 Å². The minimum Gasteiger partial charge on any atom is -0.344 e. The standard InChI is InChI=1S/C15H20N4S/c1-11-3-5-13(6-4-11)9-14-17-15(20-18-14)19-8-7-16-12(2)10-19/h3-6,12,16H,7-10H2,1-2H3. The molecule has 2 heterocycles. The second-order valence-electron chi connectivity index (χ2n) is 5.46. The van der Waals surface area contributed by atoms with Crippen LogP contribution in [0.15, 0.2) is 24.3 Å². The fraction of sp³-hybridized carbons (Fsp3) is 0.467. The number of hydrogen-bond acceptors (Lipinski definition) is 5. The van der Waals surface area contributed by atoms with Gasteiger partial charge < -0.3 is 10.2 Å². The van der Waals surface area contributed by atoms with Gasteiger partial charge in [-0.25, -0.2) is 4.98 Å². The van der Waals surface area contributed by atoms with Crippen LogP contribution in [0.2, 0.25) is 0 Å². The maximum Gasteiger partial charge on any atom is 0.205 e. The quantitative estimate of drug-likeness (QED) is 0.940. The van der Waals surface area contributed by atoms with E-state index in [-0.39, 0.29) is 0 Å². The van der Waals surface area contributed by atoms with Crippen molar-refractivity contribution in [1.82, 2.24) is 14.7 Å². The van der Waals surface area contributed by atoms with E-state index in [9.17, 15) is 0 Å². The van der Waals surface area contributed by atoms with E-state index in [1.807, 2.05) is 0 Å². The molecule has 0 radical (unpaired) electrons. The smallest absolute Gasteiger partial charge is 0.205 e. The van der Waals surface area contributed by atoms with Crippen LogP contribution < -0.4 is 10.2 Å². The van der Waals surface area contributed by atoms with E-state index >= 15 is 0 Å². The van der Waals surface area contributed by atoms with Crippen molar-refractivity contribution in [1.29, 1.82) is 0 Å². The third-order valence-electron chi connectivity index (χ3n) is 3.58. The van der Waals surface area contributed by atoms with Crippen molar-refractivity contribution in [2.45, 2.75) is 26.3 Å². The molecule has 0 saturated carbocycles. The molecule has 1 saturated heterocycles. The van der Waals surface area contributed by atoms with Gasteiger partial charge in [-0.1, -0.05) is 29.8 Å². The molecule has 5 heteroatoms. The van der Waals surface area contributed by atoms with Crippen LogP contribution in [0.4, 0.5) is 5.13 Å². The zero-order chi connectivity index (χ0) is 13.9. The minimum absolute atomic E-state index is 0.521. The number of anilines is 1. The molecule has 1 aromatic carbocycles. The van der Waals surface area contributed by atoms with E-state index in [1.165, 1.54) is 22.7 Å². The Hall–Kier alpha value is -1.46. The van der Waals surface area contributed by atoms with Crippen LogP contribution in [0.3, 0.4) is 0 Å². The van der Waals surface area contributed by atoms with Crippen LogP contribution in [-0.4, -0.2) is 35.0 Å². The van der Waals surface area contributed by atoms with Gasteiger partial charge in [-0.05, 0) is 19.4 Å². The Morgan fingerprint density at radius 1 is 1.35 bits per heavy atom. The summed E-state index contributed by atoms with van der Waals surface area (Å²) in [4.78, 5) is 7.02. The molecular weight excluding hydrogens is 268 g/mol. The summed E-state index contributed by atoms with van der Waals surface area (Å²) in [6.07, 6.45) is 0.818. The lowest BCUT2D eigenvalue weighted by atomic mass is 10.1. The number of piperazine rings is 1. The Labute approximate surface area is 124 Å². The van der Waals surface area contributed by atoms with Gasteiger partial charge in [0.15, 0.2) is 0 Å². The molecular formula is C15H20N4S. The molecule has 4 nitrogen and oxygen atoms in total. The van der Waals surface area contributed by atoms with E-state index in [4.69, 9.17) is 4.98 Å². The highest BCUT2D eigenvalue weighted by molar-refractivity contribution is 7.09. The molecule has 0 bridgehead atoms. The van der Waals surface area contributed by atoms with Gasteiger partial charge in [0.1, 0.15) is 5.82 Å². The Kier molecular flexibility index (Phi) is 3.98. The maximum absolute atomic E-state index is 4.69. The van der Waals surface area contributed by atoms with Crippen LogP contribution in [0.25, 0.3) is 0 Å². The highest BCUT2D eigenvalue weighted by atomic mass is 32.1. The van der Waals surface area contributed by atoms with E-state index < -0.39 is 0 Å². The highest BCUT2D eigenvalue weighted by Gasteiger charge is 2.19. The van der Waals surface area contributed by atoms with Crippen molar-refractivity contribution in [3.05, 3.63) is 41.2 Å². The Morgan fingerprint density at radius 3 is 2.90 bits per heavy atom. The first kappa shape index (κ1) is 13.5.